The number of ether oxygens (including phenoxy) is 4. The highest BCUT2D eigenvalue weighted by Crippen LogP contribution is 2.10. The Balaban J connectivity index is 3.16. The number of rotatable bonds is 27. The van der Waals surface area contributed by atoms with Crippen molar-refractivity contribution < 1.29 is 36.7 Å². The molecule has 0 saturated heterocycles. The highest BCUT2D eigenvalue weighted by atomic mass is 32.2. The maximum atomic E-state index is 11.0. The lowest BCUT2D eigenvalue weighted by Crippen LogP contribution is -2.20. The molecule has 35 heavy (non-hydrogen) atoms. The van der Waals surface area contributed by atoms with Crippen molar-refractivity contribution in [2.75, 3.05) is 52.0 Å². The second kappa shape index (κ2) is 26.1. The molecule has 0 aromatic heterocycles. The molecular weight excluding hydrogens is 472 g/mol. The van der Waals surface area contributed by atoms with Gasteiger partial charge in [0.2, 0.25) is 0 Å². The zero-order chi connectivity index (χ0) is 25.9. The lowest BCUT2D eigenvalue weighted by molar-refractivity contribution is -0.142. The Labute approximate surface area is 213 Å². The Kier molecular flexibility index (Phi) is 25.3. The fourth-order valence-electron chi connectivity index (χ4n) is 3.40. The van der Waals surface area contributed by atoms with Crippen LogP contribution in [0.3, 0.4) is 0 Å². The molecule has 0 atom stereocenters. The Morgan fingerprint density at radius 3 is 1.57 bits per heavy atom. The first-order valence-corrected chi connectivity index (χ1v) is 15.1. The molecule has 0 aromatic rings. The molecule has 0 fully saturated rings. The molecule has 9 heteroatoms. The van der Waals surface area contributed by atoms with E-state index in [0.717, 1.165) is 13.0 Å². The third-order valence-electron chi connectivity index (χ3n) is 5.34. The number of hydrogen-bond donors (Lipinski definition) is 1. The van der Waals surface area contributed by atoms with E-state index in [1.165, 1.54) is 83.5 Å². The standard InChI is InChI=1S/C26H50O8S/c1-2-3-4-5-6-7-8-9-10-11-12-13-14-15-16-17-18-31-19-20-32-21-22-33-23-24-34-26(27)25-35(28,29)30/h9-10H,2-8,11-25H2,1H3,(H,28,29,30). The van der Waals surface area contributed by atoms with E-state index in [1.54, 1.807) is 0 Å². The molecule has 0 unspecified atom stereocenters. The summed E-state index contributed by atoms with van der Waals surface area (Å²) in [6, 6.07) is 0. The minimum absolute atomic E-state index is 0.0756. The molecule has 0 aromatic carbocycles. The van der Waals surface area contributed by atoms with Crippen LogP contribution in [0.5, 0.6) is 0 Å². The van der Waals surface area contributed by atoms with Gasteiger partial charge in [-0.05, 0) is 32.1 Å². The normalized spacial score (nSPS) is 11.9. The van der Waals surface area contributed by atoms with Crippen molar-refractivity contribution >= 4 is 16.1 Å². The maximum absolute atomic E-state index is 11.0. The zero-order valence-electron chi connectivity index (χ0n) is 21.9. The SMILES string of the molecule is CCCCCCCCC=CCCCCCCCCOCCOCCOCCOC(=O)CS(=O)(=O)O. The minimum atomic E-state index is -4.35. The smallest absolute Gasteiger partial charge is 0.323 e. The third-order valence-corrected chi connectivity index (χ3v) is 5.94. The highest BCUT2D eigenvalue weighted by Gasteiger charge is 2.13. The molecule has 8 nitrogen and oxygen atoms in total. The quantitative estimate of drug-likeness (QED) is 0.0651. The molecule has 0 aliphatic heterocycles. The van der Waals surface area contributed by atoms with Crippen LogP contribution in [-0.2, 0) is 33.9 Å². The van der Waals surface area contributed by atoms with Crippen molar-refractivity contribution in [3.63, 3.8) is 0 Å². The number of hydrogen-bond acceptors (Lipinski definition) is 7. The average Bonchev–Trinajstić information content (AvgIpc) is 2.80. The molecule has 208 valence electrons. The lowest BCUT2D eigenvalue weighted by atomic mass is 10.1. The molecule has 0 spiro atoms. The summed E-state index contributed by atoms with van der Waals surface area (Å²) in [5.74, 6) is -2.06. The Morgan fingerprint density at radius 1 is 0.629 bits per heavy atom. The molecule has 0 aliphatic rings. The van der Waals surface area contributed by atoms with E-state index in [4.69, 9.17) is 18.8 Å². The van der Waals surface area contributed by atoms with Crippen LogP contribution in [0.15, 0.2) is 12.2 Å². The number of unbranched alkanes of at least 4 members (excludes halogenated alkanes) is 12. The van der Waals surface area contributed by atoms with Gasteiger partial charge in [-0.3, -0.25) is 9.35 Å². The first-order chi connectivity index (χ1) is 17.0. The first-order valence-electron chi connectivity index (χ1n) is 13.4. The van der Waals surface area contributed by atoms with Crippen LogP contribution in [0.1, 0.15) is 96.8 Å². The molecule has 0 aliphatic carbocycles. The van der Waals surface area contributed by atoms with Gasteiger partial charge < -0.3 is 18.9 Å². The second-order valence-corrected chi connectivity index (χ2v) is 10.2. The van der Waals surface area contributed by atoms with Gasteiger partial charge in [0, 0.05) is 6.61 Å². The predicted octanol–water partition coefficient (Wildman–Crippen LogP) is 5.50. The number of esters is 1. The van der Waals surface area contributed by atoms with Crippen LogP contribution in [0.25, 0.3) is 0 Å². The number of carbonyl (C=O) groups is 1. The van der Waals surface area contributed by atoms with Crippen LogP contribution in [0.4, 0.5) is 0 Å². The van der Waals surface area contributed by atoms with Gasteiger partial charge in [-0.1, -0.05) is 76.9 Å². The fourth-order valence-corrected chi connectivity index (χ4v) is 3.78. The Morgan fingerprint density at radius 2 is 1.06 bits per heavy atom. The fraction of sp³-hybridized carbons (Fsp3) is 0.885. The van der Waals surface area contributed by atoms with Gasteiger partial charge in [0.05, 0.1) is 33.0 Å². The van der Waals surface area contributed by atoms with Crippen LogP contribution < -0.4 is 0 Å². The van der Waals surface area contributed by atoms with E-state index in [9.17, 15) is 13.2 Å². The minimum Gasteiger partial charge on any atom is -0.462 e. The molecular formula is C26H50O8S. The zero-order valence-corrected chi connectivity index (χ0v) is 22.7. The van der Waals surface area contributed by atoms with E-state index in [0.29, 0.717) is 26.4 Å². The van der Waals surface area contributed by atoms with E-state index < -0.39 is 21.8 Å². The molecule has 1 N–H and O–H groups in total. The monoisotopic (exact) mass is 522 g/mol. The summed E-state index contributed by atoms with van der Waals surface area (Å²) in [6.07, 6.45) is 22.9. The molecule has 0 amide bonds. The van der Waals surface area contributed by atoms with Crippen molar-refractivity contribution in [2.45, 2.75) is 96.8 Å². The maximum Gasteiger partial charge on any atom is 0.323 e. The number of allylic oxidation sites excluding steroid dienone is 2. The summed E-state index contributed by atoms with van der Waals surface area (Å²) < 4.78 is 50.2. The van der Waals surface area contributed by atoms with Gasteiger partial charge in [0.1, 0.15) is 6.61 Å². The van der Waals surface area contributed by atoms with Gasteiger partial charge in [-0.25, -0.2) is 0 Å². The second-order valence-electron chi connectivity index (χ2n) is 8.72. The van der Waals surface area contributed by atoms with Crippen molar-refractivity contribution in [2.24, 2.45) is 0 Å². The van der Waals surface area contributed by atoms with Gasteiger partial charge in [0.15, 0.2) is 5.75 Å². The highest BCUT2D eigenvalue weighted by molar-refractivity contribution is 7.86. The average molecular weight is 523 g/mol. The Bertz CT molecular complexity index is 592. The molecule has 0 rings (SSSR count). The molecule has 0 radical (unpaired) electrons. The first kappa shape index (κ1) is 34.0. The van der Waals surface area contributed by atoms with Gasteiger partial charge in [-0.15, -0.1) is 0 Å². The van der Waals surface area contributed by atoms with Crippen LogP contribution in [-0.4, -0.2) is 70.9 Å². The molecule has 0 saturated carbocycles. The van der Waals surface area contributed by atoms with Gasteiger partial charge in [-0.2, -0.15) is 8.42 Å². The van der Waals surface area contributed by atoms with Crippen LogP contribution in [0.2, 0.25) is 0 Å². The summed E-state index contributed by atoms with van der Waals surface area (Å²) in [5, 5.41) is 0. The summed E-state index contributed by atoms with van der Waals surface area (Å²) in [6.45, 7) is 4.87. The largest absolute Gasteiger partial charge is 0.462 e. The van der Waals surface area contributed by atoms with Crippen molar-refractivity contribution in [3.05, 3.63) is 12.2 Å². The number of carbonyl (C=O) groups excluding carboxylic acids is 1. The summed E-state index contributed by atoms with van der Waals surface area (Å²) >= 11 is 0. The van der Waals surface area contributed by atoms with Crippen LogP contribution in [0, 0.1) is 0 Å². The van der Waals surface area contributed by atoms with E-state index in [1.807, 2.05) is 0 Å². The molecule has 0 heterocycles. The molecule has 0 bridgehead atoms. The summed E-state index contributed by atoms with van der Waals surface area (Å²) in [7, 11) is -4.35. The Hall–Kier alpha value is -1.00. The van der Waals surface area contributed by atoms with E-state index >= 15 is 0 Å². The topological polar surface area (TPSA) is 108 Å². The van der Waals surface area contributed by atoms with Crippen molar-refractivity contribution in [1.29, 1.82) is 0 Å². The van der Waals surface area contributed by atoms with E-state index in [-0.39, 0.29) is 13.2 Å². The summed E-state index contributed by atoms with van der Waals surface area (Å²) in [4.78, 5) is 11.0. The van der Waals surface area contributed by atoms with E-state index in [2.05, 4.69) is 23.8 Å². The third kappa shape index (κ3) is 31.0. The van der Waals surface area contributed by atoms with Crippen LogP contribution >= 0.6 is 0 Å². The predicted molar refractivity (Wildman–Crippen MR) is 139 cm³/mol. The van der Waals surface area contributed by atoms with Gasteiger partial charge in [0.25, 0.3) is 10.1 Å². The lowest BCUT2D eigenvalue weighted by Gasteiger charge is -2.07. The van der Waals surface area contributed by atoms with Crippen molar-refractivity contribution in [1.82, 2.24) is 0 Å². The van der Waals surface area contributed by atoms with Crippen molar-refractivity contribution in [3.8, 4) is 0 Å². The van der Waals surface area contributed by atoms with Gasteiger partial charge >= 0.3 is 5.97 Å². The summed E-state index contributed by atoms with van der Waals surface area (Å²) in [5.41, 5.74) is 0.